The highest BCUT2D eigenvalue weighted by Crippen LogP contribution is 2.32. The minimum Gasteiger partial charge on any atom is -0.365 e. The van der Waals surface area contributed by atoms with Crippen molar-refractivity contribution in [2.24, 2.45) is 0 Å². The number of sulfone groups is 1. The van der Waals surface area contributed by atoms with E-state index in [4.69, 9.17) is 5.10 Å². The van der Waals surface area contributed by atoms with Crippen LogP contribution in [-0.4, -0.2) is 71.9 Å². The molecular weight excluding hydrogens is 456 g/mol. The Hall–Kier alpha value is -2.00. The summed E-state index contributed by atoms with van der Waals surface area (Å²) in [5, 5.41) is 5.24. The number of rotatable bonds is 6. The number of piperazine rings is 1. The van der Waals surface area contributed by atoms with E-state index in [0.29, 0.717) is 31.2 Å². The molecule has 2 aliphatic rings. The smallest absolute Gasteiger partial charge is 0.227 e. The van der Waals surface area contributed by atoms with E-state index in [-0.39, 0.29) is 23.5 Å². The van der Waals surface area contributed by atoms with Gasteiger partial charge in [0.2, 0.25) is 5.91 Å². The van der Waals surface area contributed by atoms with Gasteiger partial charge in [-0.2, -0.15) is 5.10 Å². The molecule has 2 aliphatic heterocycles. The minimum absolute atomic E-state index is 0.0735. The minimum atomic E-state index is -2.96. The molecule has 2 saturated heterocycles. The number of nitrogens with zero attached hydrogens (tertiary/aromatic N) is 4. The van der Waals surface area contributed by atoms with Crippen LogP contribution in [0.1, 0.15) is 43.3 Å². The van der Waals surface area contributed by atoms with E-state index in [1.807, 2.05) is 35.2 Å². The van der Waals surface area contributed by atoms with Gasteiger partial charge in [-0.05, 0) is 38.0 Å². The lowest BCUT2D eigenvalue weighted by Gasteiger charge is -2.36. The van der Waals surface area contributed by atoms with Crippen molar-refractivity contribution in [2.75, 3.05) is 42.6 Å². The first kappa shape index (κ1) is 24.1. The van der Waals surface area contributed by atoms with E-state index >= 15 is 0 Å². The van der Waals surface area contributed by atoms with Crippen LogP contribution in [-0.2, 0) is 21.1 Å². The molecule has 0 aliphatic carbocycles. The van der Waals surface area contributed by atoms with Crippen LogP contribution < -0.4 is 4.90 Å². The van der Waals surface area contributed by atoms with Crippen LogP contribution in [0, 0.1) is 13.8 Å². The van der Waals surface area contributed by atoms with Crippen LogP contribution in [0.25, 0.3) is 0 Å². The number of thioether (sulfide) groups is 1. The predicted octanol–water partition coefficient (Wildman–Crippen LogP) is 3.25. The zero-order chi connectivity index (χ0) is 23.8. The molecule has 1 aromatic carbocycles. The maximum Gasteiger partial charge on any atom is 0.227 e. The van der Waals surface area contributed by atoms with Gasteiger partial charge in [-0.25, -0.2) is 8.42 Å². The molecule has 9 heteroatoms. The van der Waals surface area contributed by atoms with Crippen LogP contribution in [0.2, 0.25) is 0 Å². The number of amides is 1. The topological polar surface area (TPSA) is 75.5 Å². The Kier molecular flexibility index (Phi) is 7.09. The maximum atomic E-state index is 12.9. The third kappa shape index (κ3) is 5.57. The third-order valence-electron chi connectivity index (χ3n) is 6.44. The Balaban J connectivity index is 1.35. The summed E-state index contributed by atoms with van der Waals surface area (Å²) >= 11 is 1.83. The lowest BCUT2D eigenvalue weighted by molar-refractivity contribution is -0.130. The van der Waals surface area contributed by atoms with Gasteiger partial charge in [0.25, 0.3) is 0 Å². The van der Waals surface area contributed by atoms with Gasteiger partial charge in [-0.1, -0.05) is 26.0 Å². The van der Waals surface area contributed by atoms with Gasteiger partial charge >= 0.3 is 0 Å². The van der Waals surface area contributed by atoms with E-state index in [1.165, 1.54) is 4.90 Å². The Morgan fingerprint density at radius 2 is 1.79 bits per heavy atom. The molecule has 1 atom stereocenters. The second kappa shape index (κ2) is 9.70. The van der Waals surface area contributed by atoms with E-state index < -0.39 is 9.84 Å². The molecule has 0 radical (unpaired) electrons. The lowest BCUT2D eigenvalue weighted by Crippen LogP contribution is -2.49. The Bertz CT molecular complexity index is 1100. The van der Waals surface area contributed by atoms with Crippen LogP contribution in [0.15, 0.2) is 29.2 Å². The Morgan fingerprint density at radius 1 is 1.12 bits per heavy atom. The van der Waals surface area contributed by atoms with Crippen molar-refractivity contribution < 1.29 is 13.2 Å². The second-order valence-corrected chi connectivity index (χ2v) is 13.3. The first-order chi connectivity index (χ1) is 15.6. The van der Waals surface area contributed by atoms with Crippen LogP contribution in [0.4, 0.5) is 5.69 Å². The molecule has 0 N–H and O–H groups in total. The Labute approximate surface area is 201 Å². The van der Waals surface area contributed by atoms with E-state index in [9.17, 15) is 13.2 Å². The fourth-order valence-electron chi connectivity index (χ4n) is 4.86. The highest BCUT2D eigenvalue weighted by molar-refractivity contribution is 7.99. The summed E-state index contributed by atoms with van der Waals surface area (Å²) in [5.74, 6) is 0.582. The molecular formula is C24H34N4O3S2. The van der Waals surface area contributed by atoms with Gasteiger partial charge in [0, 0.05) is 36.3 Å². The zero-order valence-electron chi connectivity index (χ0n) is 20.0. The lowest BCUT2D eigenvalue weighted by atomic mass is 10.1. The molecule has 2 fully saturated rings. The summed E-state index contributed by atoms with van der Waals surface area (Å²) in [6, 6.07) is 8.25. The van der Waals surface area contributed by atoms with E-state index in [2.05, 4.69) is 43.0 Å². The number of carbonyl (C=O) groups is 1. The van der Waals surface area contributed by atoms with Gasteiger partial charge in [-0.15, -0.1) is 11.8 Å². The molecule has 2 aromatic rings. The molecule has 33 heavy (non-hydrogen) atoms. The number of carbonyl (C=O) groups excluding carboxylic acids is 1. The molecule has 1 unspecified atom stereocenters. The number of benzene rings is 1. The highest BCUT2D eigenvalue weighted by atomic mass is 32.2. The van der Waals surface area contributed by atoms with Gasteiger partial charge in [-0.3, -0.25) is 9.48 Å². The second-order valence-electron chi connectivity index (χ2n) is 9.38. The summed E-state index contributed by atoms with van der Waals surface area (Å²) in [6.45, 7) is 11.2. The summed E-state index contributed by atoms with van der Waals surface area (Å²) < 4.78 is 25.7. The molecule has 4 rings (SSSR count). The monoisotopic (exact) mass is 490 g/mol. The number of hydrogen-bond acceptors (Lipinski definition) is 6. The van der Waals surface area contributed by atoms with Crippen molar-refractivity contribution in [2.45, 2.75) is 56.7 Å². The molecule has 3 heterocycles. The van der Waals surface area contributed by atoms with Crippen molar-refractivity contribution in [3.8, 4) is 0 Å². The summed E-state index contributed by atoms with van der Waals surface area (Å²) in [4.78, 5) is 18.3. The largest absolute Gasteiger partial charge is 0.365 e. The van der Waals surface area contributed by atoms with Gasteiger partial charge in [0.05, 0.1) is 41.0 Å². The number of hydrogen-bond donors (Lipinski definition) is 0. The van der Waals surface area contributed by atoms with E-state index in [0.717, 1.165) is 35.7 Å². The SMILES string of the molecule is Cc1nn(C2CCS(=O)(=O)C2)c(C)c1N1CCN(C(=O)Cc2ccc(SC(C)C)cc2)CC1. The normalized spacial score (nSPS) is 20.6. The van der Waals surface area contributed by atoms with Crippen LogP contribution >= 0.6 is 11.8 Å². The standard InChI is InChI=1S/C24H34N4O3S2/c1-17(2)32-22-7-5-20(6-8-22)15-23(29)26-10-12-27(13-11-26)24-18(3)25-28(19(24)4)21-9-14-33(30,31)16-21/h5-8,17,21H,9-16H2,1-4H3. The summed E-state index contributed by atoms with van der Waals surface area (Å²) in [7, 11) is -2.96. The molecule has 180 valence electrons. The first-order valence-electron chi connectivity index (χ1n) is 11.7. The average Bonchev–Trinajstić information content (AvgIpc) is 3.27. The van der Waals surface area contributed by atoms with Gasteiger partial charge in [0.15, 0.2) is 9.84 Å². The highest BCUT2D eigenvalue weighted by Gasteiger charge is 2.33. The van der Waals surface area contributed by atoms with E-state index in [1.54, 1.807) is 0 Å². The fourth-order valence-corrected chi connectivity index (χ4v) is 7.39. The molecule has 1 amide bonds. The van der Waals surface area contributed by atoms with Crippen LogP contribution in [0.3, 0.4) is 0 Å². The third-order valence-corrected chi connectivity index (χ3v) is 9.21. The molecule has 7 nitrogen and oxygen atoms in total. The average molecular weight is 491 g/mol. The van der Waals surface area contributed by atoms with Crippen molar-refractivity contribution in [3.05, 3.63) is 41.2 Å². The number of anilines is 1. The number of aromatic nitrogens is 2. The summed E-state index contributed by atoms with van der Waals surface area (Å²) in [5.41, 5.74) is 4.09. The fraction of sp³-hybridized carbons (Fsp3) is 0.583. The quantitative estimate of drug-likeness (QED) is 0.579. The molecule has 1 aromatic heterocycles. The van der Waals surface area contributed by atoms with Gasteiger partial charge < -0.3 is 9.80 Å². The van der Waals surface area contributed by atoms with Crippen LogP contribution in [0.5, 0.6) is 0 Å². The first-order valence-corrected chi connectivity index (χ1v) is 14.4. The Morgan fingerprint density at radius 3 is 2.36 bits per heavy atom. The zero-order valence-corrected chi connectivity index (χ0v) is 21.6. The van der Waals surface area contributed by atoms with Gasteiger partial charge in [0.1, 0.15) is 0 Å². The summed E-state index contributed by atoms with van der Waals surface area (Å²) in [6.07, 6.45) is 1.06. The predicted molar refractivity (Wildman–Crippen MR) is 134 cm³/mol. The van der Waals surface area contributed by atoms with Crippen molar-refractivity contribution >= 4 is 33.2 Å². The van der Waals surface area contributed by atoms with Crippen molar-refractivity contribution in [3.63, 3.8) is 0 Å². The van der Waals surface area contributed by atoms with Crippen molar-refractivity contribution in [1.82, 2.24) is 14.7 Å². The number of aryl methyl sites for hydroxylation is 1. The molecule has 0 bridgehead atoms. The molecule has 0 spiro atoms. The molecule has 0 saturated carbocycles. The van der Waals surface area contributed by atoms with Crippen molar-refractivity contribution in [1.29, 1.82) is 0 Å². The maximum absolute atomic E-state index is 12.9.